The predicted octanol–water partition coefficient (Wildman–Crippen LogP) is 2.48. The van der Waals surface area contributed by atoms with Crippen LogP contribution in [-0.2, 0) is 0 Å². The fourth-order valence-corrected chi connectivity index (χ4v) is 1.72. The maximum Gasteiger partial charge on any atom is 0.263 e. The van der Waals surface area contributed by atoms with Crippen LogP contribution in [0.15, 0.2) is 58.4 Å². The van der Waals surface area contributed by atoms with Gasteiger partial charge in [0.15, 0.2) is 0 Å². The Kier molecular flexibility index (Phi) is 3.47. The number of thioether (sulfide) groups is 1. The number of rotatable bonds is 1. The highest BCUT2D eigenvalue weighted by Crippen LogP contribution is 2.14. The van der Waals surface area contributed by atoms with E-state index < -0.39 is 0 Å². The number of pyridine rings is 1. The summed E-state index contributed by atoms with van der Waals surface area (Å²) in [5.74, 6) is 2.83. The maximum atomic E-state index is 11.3. The van der Waals surface area contributed by atoms with Crippen LogP contribution in [0.2, 0.25) is 0 Å². The van der Waals surface area contributed by atoms with Crippen molar-refractivity contribution in [2.75, 3.05) is 0 Å². The Hall–Kier alpha value is -1.92. The second-order valence-electron chi connectivity index (χ2n) is 3.06. The summed E-state index contributed by atoms with van der Waals surface area (Å²) in [5.41, 5.74) is 0.342. The van der Waals surface area contributed by atoms with Gasteiger partial charge in [-0.25, -0.2) is 0 Å². The van der Waals surface area contributed by atoms with Crippen LogP contribution in [0.1, 0.15) is 5.56 Å². The zero-order valence-electron chi connectivity index (χ0n) is 8.44. The lowest BCUT2D eigenvalue weighted by Gasteiger charge is -1.90. The van der Waals surface area contributed by atoms with Crippen molar-refractivity contribution in [2.24, 2.45) is 0 Å². The summed E-state index contributed by atoms with van der Waals surface area (Å²) in [5, 5.41) is 2.91. The van der Waals surface area contributed by atoms with Crippen molar-refractivity contribution in [3.63, 3.8) is 0 Å². The van der Waals surface area contributed by atoms with E-state index in [1.54, 1.807) is 18.3 Å². The molecule has 0 spiro atoms. The number of hydrogen-bond donors (Lipinski definition) is 1. The summed E-state index contributed by atoms with van der Waals surface area (Å²) < 4.78 is 0. The first-order valence-electron chi connectivity index (χ1n) is 4.77. The second kappa shape index (κ2) is 5.24. The predicted molar refractivity (Wildman–Crippen MR) is 66.2 cm³/mol. The first kappa shape index (κ1) is 10.6. The van der Waals surface area contributed by atoms with Gasteiger partial charge in [0.2, 0.25) is 0 Å². The minimum Gasteiger partial charge on any atom is -0.328 e. The number of benzene rings is 1. The average molecular weight is 227 g/mol. The van der Waals surface area contributed by atoms with Crippen LogP contribution in [0.3, 0.4) is 0 Å². The van der Waals surface area contributed by atoms with Gasteiger partial charge < -0.3 is 4.98 Å². The summed E-state index contributed by atoms with van der Waals surface area (Å²) >= 11 is 1.41. The molecular weight excluding hydrogens is 218 g/mol. The van der Waals surface area contributed by atoms with Crippen molar-refractivity contribution < 1.29 is 0 Å². The van der Waals surface area contributed by atoms with Gasteiger partial charge in [0.05, 0.1) is 5.56 Å². The Morgan fingerprint density at radius 3 is 2.62 bits per heavy atom. The average Bonchev–Trinajstić information content (AvgIpc) is 2.33. The number of aromatic nitrogens is 1. The summed E-state index contributed by atoms with van der Waals surface area (Å²) in [6.07, 6.45) is 1.60. The van der Waals surface area contributed by atoms with E-state index in [4.69, 9.17) is 0 Å². The van der Waals surface area contributed by atoms with Gasteiger partial charge in [-0.15, -0.1) is 0 Å². The van der Waals surface area contributed by atoms with Crippen LogP contribution < -0.4 is 5.56 Å². The van der Waals surface area contributed by atoms with Crippen LogP contribution in [0.25, 0.3) is 0 Å². The first-order chi connectivity index (χ1) is 7.86. The topological polar surface area (TPSA) is 32.9 Å². The minimum atomic E-state index is -0.149. The standard InChI is InChI=1S/C13H9NOS/c15-13-11(5-4-9-14-13)8-10-16-12-6-2-1-3-7-12/h1-7,9H,(H,14,15). The molecule has 1 aromatic heterocycles. The number of aromatic amines is 1. The molecule has 2 aromatic rings. The quantitative estimate of drug-likeness (QED) is 0.599. The lowest BCUT2D eigenvalue weighted by molar-refractivity contribution is 1.22. The van der Waals surface area contributed by atoms with Gasteiger partial charge in [-0.05, 0) is 47.2 Å². The van der Waals surface area contributed by atoms with Gasteiger partial charge in [0.25, 0.3) is 5.56 Å². The third kappa shape index (κ3) is 2.78. The molecule has 0 bridgehead atoms. The largest absolute Gasteiger partial charge is 0.328 e. The number of H-pyrrole nitrogens is 1. The van der Waals surface area contributed by atoms with Gasteiger partial charge in [0, 0.05) is 11.1 Å². The van der Waals surface area contributed by atoms with E-state index in [2.05, 4.69) is 16.2 Å². The molecule has 1 aromatic carbocycles. The van der Waals surface area contributed by atoms with E-state index >= 15 is 0 Å². The van der Waals surface area contributed by atoms with Crippen LogP contribution in [-0.4, -0.2) is 4.98 Å². The second-order valence-corrected chi connectivity index (χ2v) is 3.93. The summed E-state index contributed by atoms with van der Waals surface area (Å²) in [4.78, 5) is 14.9. The van der Waals surface area contributed by atoms with Crippen molar-refractivity contribution in [3.05, 3.63) is 64.6 Å². The molecule has 0 aliphatic carbocycles. The van der Waals surface area contributed by atoms with Crippen LogP contribution in [0.4, 0.5) is 0 Å². The van der Waals surface area contributed by atoms with Crippen LogP contribution >= 0.6 is 11.8 Å². The van der Waals surface area contributed by atoms with Crippen molar-refractivity contribution in [3.8, 4) is 11.2 Å². The zero-order chi connectivity index (χ0) is 11.2. The molecule has 0 unspecified atom stereocenters. The van der Waals surface area contributed by atoms with Crippen molar-refractivity contribution >= 4 is 11.8 Å². The van der Waals surface area contributed by atoms with Crippen LogP contribution in [0, 0.1) is 11.2 Å². The molecule has 0 saturated heterocycles. The summed E-state index contributed by atoms with van der Waals surface area (Å²) in [6.45, 7) is 0. The third-order valence-corrected chi connectivity index (χ3v) is 2.63. The molecule has 16 heavy (non-hydrogen) atoms. The first-order valence-corrected chi connectivity index (χ1v) is 5.58. The molecule has 0 radical (unpaired) electrons. The molecule has 0 aliphatic heterocycles. The van der Waals surface area contributed by atoms with E-state index in [9.17, 15) is 4.79 Å². The SMILES string of the molecule is O=c1[nH]cccc1C#CSc1ccccc1. The molecule has 3 heteroatoms. The highest BCUT2D eigenvalue weighted by atomic mass is 32.2. The Balaban J connectivity index is 2.13. The van der Waals surface area contributed by atoms with Crippen molar-refractivity contribution in [1.82, 2.24) is 4.98 Å². The Bertz CT molecular complexity index is 578. The highest BCUT2D eigenvalue weighted by Gasteiger charge is 1.91. The highest BCUT2D eigenvalue weighted by molar-refractivity contribution is 8.03. The van der Waals surface area contributed by atoms with Gasteiger partial charge in [0.1, 0.15) is 0 Å². The van der Waals surface area contributed by atoms with E-state index in [0.717, 1.165) is 4.90 Å². The van der Waals surface area contributed by atoms with Crippen molar-refractivity contribution in [1.29, 1.82) is 0 Å². The maximum absolute atomic E-state index is 11.3. The molecule has 0 fully saturated rings. The number of nitrogens with one attached hydrogen (secondary N) is 1. The Morgan fingerprint density at radius 1 is 1.06 bits per heavy atom. The van der Waals surface area contributed by atoms with Crippen molar-refractivity contribution in [2.45, 2.75) is 4.90 Å². The molecule has 0 aliphatic rings. The molecule has 1 heterocycles. The zero-order valence-corrected chi connectivity index (χ0v) is 9.25. The van der Waals surface area contributed by atoms with Gasteiger partial charge in [-0.1, -0.05) is 18.2 Å². The normalized spacial score (nSPS) is 9.25. The Morgan fingerprint density at radius 2 is 1.88 bits per heavy atom. The third-order valence-electron chi connectivity index (χ3n) is 1.92. The van der Waals surface area contributed by atoms with Crippen LogP contribution in [0.5, 0.6) is 0 Å². The molecule has 0 atom stereocenters. The van der Waals surface area contributed by atoms with Gasteiger partial charge >= 0.3 is 0 Å². The number of hydrogen-bond acceptors (Lipinski definition) is 2. The smallest absolute Gasteiger partial charge is 0.263 e. The van der Waals surface area contributed by atoms with E-state index in [0.29, 0.717) is 5.56 Å². The fourth-order valence-electron chi connectivity index (χ4n) is 1.15. The molecule has 2 nitrogen and oxygen atoms in total. The van der Waals surface area contributed by atoms with Gasteiger partial charge in [-0.2, -0.15) is 0 Å². The molecule has 2 rings (SSSR count). The molecule has 0 amide bonds. The summed E-state index contributed by atoms with van der Waals surface area (Å²) in [7, 11) is 0. The summed E-state index contributed by atoms with van der Waals surface area (Å²) in [6, 6.07) is 13.3. The van der Waals surface area contributed by atoms with E-state index in [1.807, 2.05) is 30.3 Å². The van der Waals surface area contributed by atoms with E-state index in [1.165, 1.54) is 11.8 Å². The lowest BCUT2D eigenvalue weighted by Crippen LogP contribution is -2.07. The van der Waals surface area contributed by atoms with E-state index in [-0.39, 0.29) is 5.56 Å². The van der Waals surface area contributed by atoms with Gasteiger partial charge in [-0.3, -0.25) is 4.79 Å². The monoisotopic (exact) mass is 227 g/mol. The lowest BCUT2D eigenvalue weighted by atomic mass is 10.3. The molecule has 1 N–H and O–H groups in total. The molecule has 78 valence electrons. The molecular formula is C13H9NOS. The fraction of sp³-hybridized carbons (Fsp3) is 0. The Labute approximate surface area is 97.7 Å². The molecule has 0 saturated carbocycles. The minimum absolute atomic E-state index is 0.149.